The average Bonchev–Trinajstić information content (AvgIpc) is 3.11. The standard InChI is InChI=1S/C24H28N4O2/c1-24(2,3)13-15-8-10-20-18(12-15)22(27-26-20)23(30)28-25-14-19-17-7-5-4-6-16(17)9-11-21(19)29/h4-7,9,11,14-15,29H,8,10,12-13H2,1-3H3,(H,26,27)(H,28,30)/b25-14-/t15-/m1/s1. The van der Waals surface area contributed by atoms with Crippen molar-refractivity contribution in [1.82, 2.24) is 15.6 Å². The normalized spacial score (nSPS) is 16.7. The van der Waals surface area contributed by atoms with Crippen molar-refractivity contribution >= 4 is 22.9 Å². The number of carbonyl (C=O) groups excluding carboxylic acids is 1. The molecule has 1 atom stereocenters. The van der Waals surface area contributed by atoms with E-state index in [9.17, 15) is 9.90 Å². The number of phenolic OH excluding ortho intramolecular Hbond substituents is 1. The van der Waals surface area contributed by atoms with E-state index in [2.05, 4.69) is 41.5 Å². The van der Waals surface area contributed by atoms with Gasteiger partial charge in [-0.2, -0.15) is 10.2 Å². The van der Waals surface area contributed by atoms with Crippen LogP contribution in [0, 0.1) is 11.3 Å². The van der Waals surface area contributed by atoms with E-state index < -0.39 is 0 Å². The predicted molar refractivity (Wildman–Crippen MR) is 119 cm³/mol. The van der Waals surface area contributed by atoms with Crippen molar-refractivity contribution in [2.24, 2.45) is 16.4 Å². The number of fused-ring (bicyclic) bond motifs is 2. The lowest BCUT2D eigenvalue weighted by Gasteiger charge is -2.28. The largest absolute Gasteiger partial charge is 0.507 e. The Hall–Kier alpha value is -3.15. The molecule has 30 heavy (non-hydrogen) atoms. The summed E-state index contributed by atoms with van der Waals surface area (Å²) in [6, 6.07) is 11.2. The van der Waals surface area contributed by atoms with Crippen LogP contribution in [0.25, 0.3) is 10.8 Å². The minimum absolute atomic E-state index is 0.119. The van der Waals surface area contributed by atoms with Crippen molar-refractivity contribution < 1.29 is 9.90 Å². The van der Waals surface area contributed by atoms with Gasteiger partial charge in [0, 0.05) is 16.8 Å². The molecule has 1 heterocycles. The molecule has 3 N–H and O–H groups in total. The van der Waals surface area contributed by atoms with Crippen LogP contribution in [0.5, 0.6) is 5.75 Å². The molecular weight excluding hydrogens is 376 g/mol. The van der Waals surface area contributed by atoms with Crippen LogP contribution in [0.4, 0.5) is 0 Å². The summed E-state index contributed by atoms with van der Waals surface area (Å²) < 4.78 is 0. The lowest BCUT2D eigenvalue weighted by molar-refractivity contribution is 0.0948. The lowest BCUT2D eigenvalue weighted by atomic mass is 9.76. The summed E-state index contributed by atoms with van der Waals surface area (Å²) >= 11 is 0. The predicted octanol–water partition coefficient (Wildman–Crippen LogP) is 4.57. The number of amides is 1. The Labute approximate surface area is 176 Å². The van der Waals surface area contributed by atoms with Crippen LogP contribution in [0.2, 0.25) is 0 Å². The number of aromatic hydroxyl groups is 1. The minimum Gasteiger partial charge on any atom is -0.507 e. The second-order valence-corrected chi connectivity index (χ2v) is 9.32. The maximum atomic E-state index is 12.7. The zero-order chi connectivity index (χ0) is 21.3. The van der Waals surface area contributed by atoms with E-state index in [1.54, 1.807) is 6.07 Å². The number of H-pyrrole nitrogens is 1. The average molecular weight is 405 g/mol. The molecule has 1 aromatic heterocycles. The first-order chi connectivity index (χ1) is 14.3. The number of hydrogen-bond donors (Lipinski definition) is 3. The Morgan fingerprint density at radius 3 is 2.90 bits per heavy atom. The molecule has 0 unspecified atom stereocenters. The molecule has 2 aromatic carbocycles. The van der Waals surface area contributed by atoms with Crippen molar-refractivity contribution in [3.05, 3.63) is 58.9 Å². The number of hydrazone groups is 1. The Morgan fingerprint density at radius 1 is 1.30 bits per heavy atom. The molecule has 6 heteroatoms. The first kappa shape index (κ1) is 20.1. The van der Waals surface area contributed by atoms with Gasteiger partial charge in [0.15, 0.2) is 5.69 Å². The summed E-state index contributed by atoms with van der Waals surface area (Å²) in [4.78, 5) is 12.7. The van der Waals surface area contributed by atoms with Gasteiger partial charge in [-0.3, -0.25) is 9.89 Å². The van der Waals surface area contributed by atoms with E-state index in [1.165, 1.54) is 6.21 Å². The summed E-state index contributed by atoms with van der Waals surface area (Å²) in [5.74, 6) is 0.339. The number of rotatable bonds is 4. The topological polar surface area (TPSA) is 90.4 Å². The van der Waals surface area contributed by atoms with Gasteiger partial charge in [-0.25, -0.2) is 5.43 Å². The fraction of sp³-hybridized carbons (Fsp3) is 0.375. The number of hydrogen-bond acceptors (Lipinski definition) is 4. The molecule has 0 fully saturated rings. The van der Waals surface area contributed by atoms with Gasteiger partial charge < -0.3 is 5.11 Å². The highest BCUT2D eigenvalue weighted by Gasteiger charge is 2.29. The Bertz CT molecular complexity index is 1110. The molecule has 3 aromatic rings. The summed E-state index contributed by atoms with van der Waals surface area (Å²) in [7, 11) is 0. The highest BCUT2D eigenvalue weighted by atomic mass is 16.3. The van der Waals surface area contributed by atoms with Gasteiger partial charge in [0.05, 0.1) is 6.21 Å². The highest BCUT2D eigenvalue weighted by molar-refractivity contribution is 6.03. The van der Waals surface area contributed by atoms with Gasteiger partial charge in [0.1, 0.15) is 5.75 Å². The van der Waals surface area contributed by atoms with E-state index in [4.69, 9.17) is 0 Å². The van der Waals surface area contributed by atoms with Crippen LogP contribution >= 0.6 is 0 Å². The highest BCUT2D eigenvalue weighted by Crippen LogP contribution is 2.34. The first-order valence-electron chi connectivity index (χ1n) is 10.4. The molecule has 1 amide bonds. The molecule has 6 nitrogen and oxygen atoms in total. The summed E-state index contributed by atoms with van der Waals surface area (Å²) in [5, 5.41) is 23.5. The summed E-state index contributed by atoms with van der Waals surface area (Å²) in [6.07, 6.45) is 5.50. The fourth-order valence-corrected chi connectivity index (χ4v) is 4.42. The lowest BCUT2D eigenvalue weighted by Crippen LogP contribution is -2.24. The van der Waals surface area contributed by atoms with Gasteiger partial charge >= 0.3 is 0 Å². The molecule has 0 saturated heterocycles. The van der Waals surface area contributed by atoms with Crippen molar-refractivity contribution in [3.8, 4) is 5.75 Å². The number of nitrogens with zero attached hydrogens (tertiary/aromatic N) is 2. The second-order valence-electron chi connectivity index (χ2n) is 9.32. The minimum atomic E-state index is -0.333. The van der Waals surface area contributed by atoms with Gasteiger partial charge in [0.25, 0.3) is 5.91 Å². The van der Waals surface area contributed by atoms with Crippen molar-refractivity contribution in [1.29, 1.82) is 0 Å². The van der Waals surface area contributed by atoms with Crippen molar-refractivity contribution in [3.63, 3.8) is 0 Å². The Morgan fingerprint density at radius 2 is 2.10 bits per heavy atom. The molecule has 0 aliphatic heterocycles. The smallest absolute Gasteiger partial charge is 0.292 e. The van der Waals surface area contributed by atoms with Gasteiger partial charge in [-0.05, 0) is 53.9 Å². The molecule has 1 aliphatic rings. The maximum Gasteiger partial charge on any atom is 0.292 e. The molecule has 0 spiro atoms. The number of carbonyl (C=O) groups is 1. The Balaban J connectivity index is 1.50. The van der Waals surface area contributed by atoms with Gasteiger partial charge in [-0.15, -0.1) is 0 Å². The fourth-order valence-electron chi connectivity index (χ4n) is 4.42. The monoisotopic (exact) mass is 404 g/mol. The molecular formula is C24H28N4O2. The zero-order valence-electron chi connectivity index (χ0n) is 17.7. The van der Waals surface area contributed by atoms with E-state index in [1.807, 2.05) is 30.3 Å². The van der Waals surface area contributed by atoms with Crippen LogP contribution in [0.15, 0.2) is 41.5 Å². The number of nitrogens with one attached hydrogen (secondary N) is 2. The first-order valence-corrected chi connectivity index (χ1v) is 10.4. The third-order valence-corrected chi connectivity index (χ3v) is 5.67. The molecule has 1 aliphatic carbocycles. The van der Waals surface area contributed by atoms with Crippen molar-refractivity contribution in [2.75, 3.05) is 0 Å². The van der Waals surface area contributed by atoms with Crippen LogP contribution in [-0.4, -0.2) is 27.4 Å². The summed E-state index contributed by atoms with van der Waals surface area (Å²) in [5.41, 5.74) is 5.90. The third-order valence-electron chi connectivity index (χ3n) is 5.67. The van der Waals surface area contributed by atoms with Crippen LogP contribution in [-0.2, 0) is 12.8 Å². The van der Waals surface area contributed by atoms with Crippen LogP contribution < -0.4 is 5.43 Å². The zero-order valence-corrected chi connectivity index (χ0v) is 17.7. The van der Waals surface area contributed by atoms with Gasteiger partial charge in [0.2, 0.25) is 0 Å². The molecule has 156 valence electrons. The SMILES string of the molecule is CC(C)(C)C[C@@H]1CCc2[nH]nc(C(=O)N/N=C\c3c(O)ccc4ccccc34)c2C1. The number of aryl methyl sites for hydroxylation is 1. The quantitative estimate of drug-likeness (QED) is 0.439. The summed E-state index contributed by atoms with van der Waals surface area (Å²) in [6.45, 7) is 6.76. The number of phenols is 1. The van der Waals surface area contributed by atoms with E-state index in [0.717, 1.165) is 47.7 Å². The molecule has 0 radical (unpaired) electrons. The Kier molecular flexibility index (Phi) is 5.33. The molecule has 0 saturated carbocycles. The van der Waals surface area contributed by atoms with E-state index >= 15 is 0 Å². The second kappa shape index (κ2) is 7.94. The number of benzene rings is 2. The maximum absolute atomic E-state index is 12.7. The van der Waals surface area contributed by atoms with Crippen LogP contribution in [0.1, 0.15) is 60.9 Å². The van der Waals surface area contributed by atoms with E-state index in [-0.39, 0.29) is 17.1 Å². The molecule has 0 bridgehead atoms. The van der Waals surface area contributed by atoms with Gasteiger partial charge in [-0.1, -0.05) is 51.1 Å². The number of aromatic nitrogens is 2. The molecule has 4 rings (SSSR count). The third kappa shape index (κ3) is 4.22. The van der Waals surface area contributed by atoms with Crippen molar-refractivity contribution in [2.45, 2.75) is 46.5 Å². The van der Waals surface area contributed by atoms with Crippen LogP contribution in [0.3, 0.4) is 0 Å². The van der Waals surface area contributed by atoms with E-state index in [0.29, 0.717) is 17.2 Å². The number of aromatic amines is 1.